The Hall–Kier alpha value is -1.58. The minimum Gasteiger partial charge on any atom is -0.380 e. The maximum absolute atomic E-state index is 13.3. The molecule has 1 aromatic rings. The summed E-state index contributed by atoms with van der Waals surface area (Å²) in [5.74, 6) is -1.20. The maximum Gasteiger partial charge on any atom is 0.304 e. The van der Waals surface area contributed by atoms with Crippen molar-refractivity contribution >= 4 is 15.7 Å². The molecule has 9 heteroatoms. The number of rotatable bonds is 7. The van der Waals surface area contributed by atoms with Gasteiger partial charge in [-0.3, -0.25) is 10.1 Å². The smallest absolute Gasteiger partial charge is 0.304 e. The van der Waals surface area contributed by atoms with E-state index in [0.29, 0.717) is 12.7 Å². The molecule has 7 nitrogen and oxygen atoms in total. The molecular weight excluding hydrogens is 279 g/mol. The molecule has 1 aromatic carbocycles. The van der Waals surface area contributed by atoms with Gasteiger partial charge >= 0.3 is 5.69 Å². The Morgan fingerprint density at radius 2 is 2.16 bits per heavy atom. The Labute approximate surface area is 109 Å². The van der Waals surface area contributed by atoms with Gasteiger partial charge in [-0.2, -0.15) is 4.39 Å². The average Bonchev–Trinajstić information content (AvgIpc) is 2.34. The molecule has 19 heavy (non-hydrogen) atoms. The summed E-state index contributed by atoms with van der Waals surface area (Å²) in [7, 11) is -3.90. The molecule has 0 aliphatic heterocycles. The number of hydrogen-bond acceptors (Lipinski definition) is 5. The predicted octanol–water partition coefficient (Wildman–Crippen LogP) is 1.05. The molecule has 0 saturated heterocycles. The van der Waals surface area contributed by atoms with Crippen LogP contribution in [0.25, 0.3) is 0 Å². The molecule has 0 fully saturated rings. The number of nitro benzene ring substituents is 1. The zero-order valence-corrected chi connectivity index (χ0v) is 10.9. The fourth-order valence-electron chi connectivity index (χ4n) is 1.28. The van der Waals surface area contributed by atoms with E-state index in [1.165, 1.54) is 0 Å². The zero-order chi connectivity index (χ0) is 14.5. The molecule has 0 atom stereocenters. The molecule has 0 aliphatic carbocycles. The lowest BCUT2D eigenvalue weighted by Crippen LogP contribution is -2.27. The lowest BCUT2D eigenvalue weighted by atomic mass is 10.3. The molecule has 0 heterocycles. The monoisotopic (exact) mass is 292 g/mol. The van der Waals surface area contributed by atoms with Gasteiger partial charge in [0.05, 0.1) is 16.4 Å². The third-order valence-electron chi connectivity index (χ3n) is 2.17. The van der Waals surface area contributed by atoms with Crippen molar-refractivity contribution in [2.45, 2.75) is 11.8 Å². The second-order valence-corrected chi connectivity index (χ2v) is 5.23. The van der Waals surface area contributed by atoms with E-state index in [0.717, 1.165) is 12.1 Å². The SMILES string of the molecule is CCOCCNS(=O)(=O)c1ccc([N+](=O)[O-])c(F)c1. The fourth-order valence-corrected chi connectivity index (χ4v) is 2.30. The first-order valence-electron chi connectivity index (χ1n) is 5.40. The molecule has 106 valence electrons. The van der Waals surface area contributed by atoms with Crippen molar-refractivity contribution in [1.82, 2.24) is 4.72 Å². The Balaban J connectivity index is 2.84. The van der Waals surface area contributed by atoms with Gasteiger partial charge in [0.1, 0.15) is 0 Å². The van der Waals surface area contributed by atoms with Crippen LogP contribution in [0.2, 0.25) is 0 Å². The molecule has 0 radical (unpaired) electrons. The van der Waals surface area contributed by atoms with Crippen LogP contribution in [0.5, 0.6) is 0 Å². The highest BCUT2D eigenvalue weighted by Crippen LogP contribution is 2.20. The standard InChI is InChI=1S/C10H13FN2O5S/c1-2-18-6-5-12-19(16,17)8-3-4-10(13(14)15)9(11)7-8/h3-4,7,12H,2,5-6H2,1H3. The highest BCUT2D eigenvalue weighted by molar-refractivity contribution is 7.89. The van der Waals surface area contributed by atoms with Crippen LogP contribution in [0.15, 0.2) is 23.1 Å². The molecule has 0 spiro atoms. The number of halogens is 1. The van der Waals surface area contributed by atoms with E-state index in [-0.39, 0.29) is 18.0 Å². The highest BCUT2D eigenvalue weighted by atomic mass is 32.2. The minimum atomic E-state index is -3.90. The largest absolute Gasteiger partial charge is 0.380 e. The van der Waals surface area contributed by atoms with Crippen molar-refractivity contribution in [1.29, 1.82) is 0 Å². The predicted molar refractivity (Wildman–Crippen MR) is 64.7 cm³/mol. The number of benzene rings is 1. The summed E-state index contributed by atoms with van der Waals surface area (Å²) in [4.78, 5) is 9.12. The van der Waals surface area contributed by atoms with E-state index in [9.17, 15) is 22.9 Å². The van der Waals surface area contributed by atoms with Gasteiger partial charge in [0.2, 0.25) is 15.8 Å². The lowest BCUT2D eigenvalue weighted by molar-refractivity contribution is -0.387. The molecule has 1 N–H and O–H groups in total. The molecule has 0 bridgehead atoms. The minimum absolute atomic E-state index is 0.0365. The Morgan fingerprint density at radius 1 is 1.47 bits per heavy atom. The van der Waals surface area contributed by atoms with E-state index in [1.54, 1.807) is 6.92 Å². The topological polar surface area (TPSA) is 98.5 Å². The normalized spacial score (nSPS) is 11.5. The molecule has 0 amide bonds. The van der Waals surface area contributed by atoms with Crippen molar-refractivity contribution in [3.63, 3.8) is 0 Å². The zero-order valence-electron chi connectivity index (χ0n) is 10.1. The van der Waals surface area contributed by atoms with Crippen molar-refractivity contribution < 1.29 is 22.5 Å². The Kier molecular flexibility index (Phi) is 5.33. The summed E-state index contributed by atoms with van der Waals surface area (Å²) in [6, 6.07) is 2.40. The van der Waals surface area contributed by atoms with E-state index in [2.05, 4.69) is 4.72 Å². The number of ether oxygens (including phenoxy) is 1. The molecule has 0 aliphatic rings. The second kappa shape index (κ2) is 6.55. The van der Waals surface area contributed by atoms with Crippen LogP contribution >= 0.6 is 0 Å². The summed E-state index contributed by atoms with van der Waals surface area (Å²) in [6.07, 6.45) is 0. The van der Waals surface area contributed by atoms with E-state index >= 15 is 0 Å². The van der Waals surface area contributed by atoms with Crippen molar-refractivity contribution in [2.24, 2.45) is 0 Å². The van der Waals surface area contributed by atoms with Gasteiger partial charge in [0, 0.05) is 25.3 Å². The third-order valence-corrected chi connectivity index (χ3v) is 3.63. The number of nitrogens with one attached hydrogen (secondary N) is 1. The van der Waals surface area contributed by atoms with Crippen LogP contribution in [-0.2, 0) is 14.8 Å². The lowest BCUT2D eigenvalue weighted by Gasteiger charge is -2.06. The number of nitro groups is 1. The number of nitrogens with zero attached hydrogens (tertiary/aromatic N) is 1. The van der Waals surface area contributed by atoms with Gasteiger partial charge in [-0.15, -0.1) is 0 Å². The van der Waals surface area contributed by atoms with E-state index in [1.807, 2.05) is 0 Å². The summed E-state index contributed by atoms with van der Waals surface area (Å²) < 4.78 is 43.9. The average molecular weight is 292 g/mol. The van der Waals surface area contributed by atoms with E-state index < -0.39 is 26.5 Å². The van der Waals surface area contributed by atoms with Crippen molar-refractivity contribution in [3.8, 4) is 0 Å². The molecule has 0 saturated carbocycles. The summed E-state index contributed by atoms with van der Waals surface area (Å²) in [5, 5.41) is 10.4. The summed E-state index contributed by atoms with van der Waals surface area (Å²) in [6.45, 7) is 2.44. The summed E-state index contributed by atoms with van der Waals surface area (Å²) >= 11 is 0. The van der Waals surface area contributed by atoms with Crippen LogP contribution in [0.3, 0.4) is 0 Å². The van der Waals surface area contributed by atoms with Gasteiger partial charge in [0.15, 0.2) is 0 Å². The molecular formula is C10H13FN2O5S. The van der Waals surface area contributed by atoms with Gasteiger partial charge in [0.25, 0.3) is 0 Å². The fraction of sp³-hybridized carbons (Fsp3) is 0.400. The first-order valence-corrected chi connectivity index (χ1v) is 6.88. The van der Waals surface area contributed by atoms with Crippen LogP contribution in [0.1, 0.15) is 6.92 Å². The Morgan fingerprint density at radius 3 is 2.68 bits per heavy atom. The van der Waals surface area contributed by atoms with Crippen molar-refractivity contribution in [2.75, 3.05) is 19.8 Å². The first kappa shape index (κ1) is 15.5. The van der Waals surface area contributed by atoms with Crippen molar-refractivity contribution in [3.05, 3.63) is 34.1 Å². The number of sulfonamides is 1. The van der Waals surface area contributed by atoms with E-state index in [4.69, 9.17) is 4.74 Å². The van der Waals surface area contributed by atoms with Gasteiger partial charge in [-0.1, -0.05) is 0 Å². The van der Waals surface area contributed by atoms with Gasteiger partial charge in [-0.25, -0.2) is 13.1 Å². The quantitative estimate of drug-likeness (QED) is 0.460. The third kappa shape index (κ3) is 4.23. The van der Waals surface area contributed by atoms with Crippen LogP contribution in [-0.4, -0.2) is 33.1 Å². The molecule has 0 aromatic heterocycles. The molecule has 0 unspecified atom stereocenters. The van der Waals surface area contributed by atoms with Crippen LogP contribution in [0, 0.1) is 15.9 Å². The van der Waals surface area contributed by atoms with Gasteiger partial charge in [-0.05, 0) is 13.0 Å². The Bertz CT molecular complexity index is 561. The number of hydrogen-bond donors (Lipinski definition) is 1. The first-order chi connectivity index (χ1) is 8.88. The van der Waals surface area contributed by atoms with Crippen LogP contribution in [0.4, 0.5) is 10.1 Å². The molecule has 1 rings (SSSR count). The van der Waals surface area contributed by atoms with Crippen LogP contribution < -0.4 is 4.72 Å². The summed E-state index contributed by atoms with van der Waals surface area (Å²) in [5.41, 5.74) is -0.770. The second-order valence-electron chi connectivity index (χ2n) is 3.47. The highest BCUT2D eigenvalue weighted by Gasteiger charge is 2.20. The van der Waals surface area contributed by atoms with Gasteiger partial charge < -0.3 is 4.74 Å². The maximum atomic E-state index is 13.3.